The maximum atomic E-state index is 13.7. The van der Waals surface area contributed by atoms with Crippen LogP contribution in [-0.2, 0) is 14.3 Å². The summed E-state index contributed by atoms with van der Waals surface area (Å²) >= 11 is 0. The Labute approximate surface area is 118 Å². The second kappa shape index (κ2) is 8.30. The molecule has 4 nitrogen and oxygen atoms in total. The van der Waals surface area contributed by atoms with E-state index >= 15 is 0 Å². The molecule has 110 valence electrons. The van der Waals surface area contributed by atoms with Gasteiger partial charge in [-0.1, -0.05) is 12.1 Å². The predicted molar refractivity (Wildman–Crippen MR) is 75.2 cm³/mol. The maximum Gasteiger partial charge on any atom is 0.306 e. The molecule has 0 saturated carbocycles. The number of ketones is 1. The van der Waals surface area contributed by atoms with E-state index in [0.717, 1.165) is 0 Å². The molecule has 0 aliphatic carbocycles. The van der Waals surface area contributed by atoms with Gasteiger partial charge < -0.3 is 9.64 Å². The van der Waals surface area contributed by atoms with Gasteiger partial charge in [0.2, 0.25) is 0 Å². The largest absolute Gasteiger partial charge is 0.466 e. The number of nitrogens with zero attached hydrogens (tertiary/aromatic N) is 1. The van der Waals surface area contributed by atoms with Gasteiger partial charge in [-0.2, -0.15) is 0 Å². The van der Waals surface area contributed by atoms with Crippen molar-refractivity contribution in [2.24, 2.45) is 0 Å². The Hall–Kier alpha value is -1.91. The molecule has 1 aromatic rings. The number of halogens is 1. The molecule has 1 aromatic carbocycles. The van der Waals surface area contributed by atoms with Gasteiger partial charge in [0.25, 0.3) is 0 Å². The smallest absolute Gasteiger partial charge is 0.306 e. The molecule has 0 radical (unpaired) electrons. The van der Waals surface area contributed by atoms with Crippen molar-refractivity contribution in [2.75, 3.05) is 24.6 Å². The van der Waals surface area contributed by atoms with E-state index in [4.69, 9.17) is 4.74 Å². The first-order chi connectivity index (χ1) is 9.58. The third-order valence-corrected chi connectivity index (χ3v) is 2.86. The lowest BCUT2D eigenvalue weighted by molar-refractivity contribution is -0.144. The molecule has 5 heteroatoms. The highest BCUT2D eigenvalue weighted by atomic mass is 19.1. The fourth-order valence-electron chi connectivity index (χ4n) is 1.84. The summed E-state index contributed by atoms with van der Waals surface area (Å²) in [7, 11) is 0. The third kappa shape index (κ3) is 4.99. The van der Waals surface area contributed by atoms with Gasteiger partial charge in [0.15, 0.2) is 5.78 Å². The van der Waals surface area contributed by atoms with E-state index < -0.39 is 0 Å². The molecule has 0 bridgehead atoms. The average Bonchev–Trinajstić information content (AvgIpc) is 2.44. The van der Waals surface area contributed by atoms with E-state index in [1.807, 2.05) is 6.92 Å². The van der Waals surface area contributed by atoms with Gasteiger partial charge in [-0.3, -0.25) is 9.59 Å². The van der Waals surface area contributed by atoms with Gasteiger partial charge in [-0.05, 0) is 26.0 Å². The second-order valence-electron chi connectivity index (χ2n) is 4.31. The molecular formula is C15H20FNO3. The van der Waals surface area contributed by atoms with Crippen LogP contribution in [0.3, 0.4) is 0 Å². The number of Topliss-reactive ketones (excluding diaryl/α,β-unsaturated/α-hetero) is 1. The van der Waals surface area contributed by atoms with E-state index in [1.165, 1.54) is 6.07 Å². The van der Waals surface area contributed by atoms with Crippen LogP contribution >= 0.6 is 0 Å². The number of benzene rings is 1. The summed E-state index contributed by atoms with van der Waals surface area (Å²) < 4.78 is 18.4. The summed E-state index contributed by atoms with van der Waals surface area (Å²) in [6, 6.07) is 6.33. The zero-order chi connectivity index (χ0) is 15.0. The van der Waals surface area contributed by atoms with Gasteiger partial charge in [-0.15, -0.1) is 0 Å². The zero-order valence-corrected chi connectivity index (χ0v) is 11.9. The molecule has 0 N–H and O–H groups in total. The Morgan fingerprint density at radius 1 is 1.20 bits per heavy atom. The monoisotopic (exact) mass is 281 g/mol. The molecular weight excluding hydrogens is 261 g/mol. The number of rotatable bonds is 8. The molecule has 0 aliphatic rings. The first-order valence-corrected chi connectivity index (χ1v) is 6.75. The first kappa shape index (κ1) is 16.1. The van der Waals surface area contributed by atoms with Gasteiger partial charge in [0, 0.05) is 13.0 Å². The Kier molecular flexibility index (Phi) is 6.70. The minimum Gasteiger partial charge on any atom is -0.466 e. The van der Waals surface area contributed by atoms with E-state index in [1.54, 1.807) is 30.0 Å². The van der Waals surface area contributed by atoms with Crippen LogP contribution in [-0.4, -0.2) is 31.4 Å². The molecule has 0 unspecified atom stereocenters. The highest BCUT2D eigenvalue weighted by Gasteiger charge is 2.14. The van der Waals surface area contributed by atoms with Crippen molar-refractivity contribution in [3.8, 4) is 0 Å². The summed E-state index contributed by atoms with van der Waals surface area (Å²) in [5.74, 6) is -0.842. The van der Waals surface area contributed by atoms with Crippen LogP contribution in [0.5, 0.6) is 0 Å². The fourth-order valence-corrected chi connectivity index (χ4v) is 1.84. The van der Waals surface area contributed by atoms with Crippen LogP contribution in [0.1, 0.15) is 26.7 Å². The van der Waals surface area contributed by atoms with Crippen LogP contribution in [0.4, 0.5) is 10.1 Å². The lowest BCUT2D eigenvalue weighted by atomic mass is 10.2. The van der Waals surface area contributed by atoms with Gasteiger partial charge in [0.05, 0.1) is 25.3 Å². The number of carbonyl (C=O) groups excluding carboxylic acids is 2. The fraction of sp³-hybridized carbons (Fsp3) is 0.467. The van der Waals surface area contributed by atoms with E-state index in [-0.39, 0.29) is 37.0 Å². The number of hydrogen-bond donors (Lipinski definition) is 0. The molecule has 0 aliphatic heterocycles. The van der Waals surface area contributed by atoms with Gasteiger partial charge in [-0.25, -0.2) is 4.39 Å². The van der Waals surface area contributed by atoms with Crippen LogP contribution < -0.4 is 4.90 Å². The Morgan fingerprint density at radius 3 is 2.50 bits per heavy atom. The predicted octanol–water partition coefficient (Wildman–Crippen LogP) is 2.56. The van der Waals surface area contributed by atoms with E-state index in [9.17, 15) is 14.0 Å². The molecule has 0 atom stereocenters. The standard InChI is InChI=1S/C15H20FNO3/c1-3-17(14-8-6-5-7-13(14)16)11-12(18)9-10-15(19)20-4-2/h5-8H,3-4,9-11H2,1-2H3. The zero-order valence-electron chi connectivity index (χ0n) is 11.9. The first-order valence-electron chi connectivity index (χ1n) is 6.75. The van der Waals surface area contributed by atoms with Crippen LogP contribution in [0, 0.1) is 5.82 Å². The SMILES string of the molecule is CCOC(=O)CCC(=O)CN(CC)c1ccccc1F. The van der Waals surface area contributed by atoms with Crippen molar-refractivity contribution in [1.82, 2.24) is 0 Å². The second-order valence-corrected chi connectivity index (χ2v) is 4.31. The van der Waals surface area contributed by atoms with E-state index in [0.29, 0.717) is 18.8 Å². The molecule has 0 aromatic heterocycles. The molecule has 0 saturated heterocycles. The summed E-state index contributed by atoms with van der Waals surface area (Å²) in [5, 5.41) is 0. The van der Waals surface area contributed by atoms with Crippen molar-refractivity contribution < 1.29 is 18.7 Å². The third-order valence-electron chi connectivity index (χ3n) is 2.86. The molecule has 0 amide bonds. The lowest BCUT2D eigenvalue weighted by Gasteiger charge is -2.22. The quantitative estimate of drug-likeness (QED) is 0.687. The average molecular weight is 281 g/mol. The number of esters is 1. The number of likely N-dealkylation sites (N-methyl/N-ethyl adjacent to an activating group) is 1. The van der Waals surface area contributed by atoms with Crippen LogP contribution in [0.2, 0.25) is 0 Å². The molecule has 0 heterocycles. The minimum atomic E-state index is -0.380. The molecule has 20 heavy (non-hydrogen) atoms. The van der Waals surface area contributed by atoms with Crippen molar-refractivity contribution in [2.45, 2.75) is 26.7 Å². The summed E-state index contributed by atoms with van der Waals surface area (Å²) in [5.41, 5.74) is 0.402. The summed E-state index contributed by atoms with van der Waals surface area (Å²) in [6.07, 6.45) is 0.186. The number of hydrogen-bond acceptors (Lipinski definition) is 4. The van der Waals surface area contributed by atoms with Crippen molar-refractivity contribution >= 4 is 17.4 Å². The summed E-state index contributed by atoms with van der Waals surface area (Å²) in [4.78, 5) is 24.7. The lowest BCUT2D eigenvalue weighted by Crippen LogP contribution is -2.30. The van der Waals surface area contributed by atoms with Crippen LogP contribution in [0.15, 0.2) is 24.3 Å². The van der Waals surface area contributed by atoms with Crippen molar-refractivity contribution in [3.05, 3.63) is 30.1 Å². The number of carbonyl (C=O) groups is 2. The number of para-hydroxylation sites is 1. The number of ether oxygens (including phenoxy) is 1. The Bertz CT molecular complexity index is 462. The minimum absolute atomic E-state index is 0.0709. The topological polar surface area (TPSA) is 46.6 Å². The number of anilines is 1. The normalized spacial score (nSPS) is 10.2. The summed E-state index contributed by atoms with van der Waals surface area (Å²) in [6.45, 7) is 4.49. The van der Waals surface area contributed by atoms with Gasteiger partial charge in [0.1, 0.15) is 5.82 Å². The molecule has 0 fully saturated rings. The van der Waals surface area contributed by atoms with E-state index in [2.05, 4.69) is 0 Å². The Balaban J connectivity index is 2.54. The van der Waals surface area contributed by atoms with Gasteiger partial charge >= 0.3 is 5.97 Å². The van der Waals surface area contributed by atoms with Crippen LogP contribution in [0.25, 0.3) is 0 Å². The maximum absolute atomic E-state index is 13.7. The Morgan fingerprint density at radius 2 is 1.90 bits per heavy atom. The molecule has 1 rings (SSSR count). The molecule has 0 spiro atoms. The van der Waals surface area contributed by atoms with Crippen molar-refractivity contribution in [1.29, 1.82) is 0 Å². The highest BCUT2D eigenvalue weighted by molar-refractivity contribution is 5.86. The highest BCUT2D eigenvalue weighted by Crippen LogP contribution is 2.18. The van der Waals surface area contributed by atoms with Crippen molar-refractivity contribution in [3.63, 3.8) is 0 Å².